The number of rotatable bonds is 3. The normalized spacial score (nSPS) is 10.7. The van der Waals surface area contributed by atoms with Crippen molar-refractivity contribution in [3.05, 3.63) is 59.4 Å². The van der Waals surface area contributed by atoms with Gasteiger partial charge < -0.3 is 10.5 Å². The van der Waals surface area contributed by atoms with Crippen molar-refractivity contribution in [2.75, 3.05) is 0 Å². The van der Waals surface area contributed by atoms with Gasteiger partial charge in [0.2, 0.25) is 5.88 Å². The Balaban J connectivity index is 2.03. The number of para-hydroxylation sites is 1. The van der Waals surface area contributed by atoms with E-state index in [1.165, 1.54) is 0 Å². The summed E-state index contributed by atoms with van der Waals surface area (Å²) in [6.45, 7) is 0.427. The predicted molar refractivity (Wildman–Crippen MR) is 79.0 cm³/mol. The number of nitrogens with zero attached hydrogens (tertiary/aromatic N) is 2. The van der Waals surface area contributed by atoms with Gasteiger partial charge in [-0.25, -0.2) is 9.97 Å². The van der Waals surface area contributed by atoms with Gasteiger partial charge in [-0.2, -0.15) is 0 Å². The van der Waals surface area contributed by atoms with Crippen LogP contribution < -0.4 is 10.5 Å². The van der Waals surface area contributed by atoms with Crippen LogP contribution in [0.15, 0.2) is 48.7 Å². The minimum absolute atomic E-state index is 0.377. The van der Waals surface area contributed by atoms with Crippen molar-refractivity contribution in [2.45, 2.75) is 6.54 Å². The molecule has 0 spiro atoms. The zero-order chi connectivity index (χ0) is 13.9. The van der Waals surface area contributed by atoms with E-state index < -0.39 is 0 Å². The van der Waals surface area contributed by atoms with E-state index in [4.69, 9.17) is 22.1 Å². The summed E-state index contributed by atoms with van der Waals surface area (Å²) < 4.78 is 5.72. The number of nitrogens with two attached hydrogens (primary N) is 1. The van der Waals surface area contributed by atoms with Gasteiger partial charge in [-0.15, -0.1) is 0 Å². The molecule has 0 unspecified atom stereocenters. The molecular weight excluding hydrogens is 274 g/mol. The minimum Gasteiger partial charge on any atom is -0.439 e. The van der Waals surface area contributed by atoms with Crippen molar-refractivity contribution in [1.82, 2.24) is 9.97 Å². The molecule has 0 aliphatic carbocycles. The number of fused-ring (bicyclic) bond motifs is 1. The van der Waals surface area contributed by atoms with Crippen LogP contribution in [-0.2, 0) is 6.54 Å². The molecule has 0 atom stereocenters. The minimum atomic E-state index is 0.377. The lowest BCUT2D eigenvalue weighted by Gasteiger charge is -2.09. The molecule has 0 saturated carbocycles. The fourth-order valence-corrected chi connectivity index (χ4v) is 2.17. The molecule has 3 aromatic rings. The van der Waals surface area contributed by atoms with E-state index in [1.54, 1.807) is 18.3 Å². The van der Waals surface area contributed by atoms with Gasteiger partial charge in [0.05, 0.1) is 5.52 Å². The van der Waals surface area contributed by atoms with Crippen LogP contribution in [-0.4, -0.2) is 9.97 Å². The van der Waals surface area contributed by atoms with Gasteiger partial charge in [0, 0.05) is 30.3 Å². The number of ether oxygens (including phenoxy) is 1. The molecule has 100 valence electrons. The van der Waals surface area contributed by atoms with Crippen molar-refractivity contribution >= 4 is 22.5 Å². The standard InChI is InChI=1S/C15H12ClN3O/c16-14-8-11(5-6-18-14)20-15-7-10(9-17)12-3-1-2-4-13(12)19-15/h1-8H,9,17H2. The van der Waals surface area contributed by atoms with E-state index in [1.807, 2.05) is 30.3 Å². The van der Waals surface area contributed by atoms with E-state index in [2.05, 4.69) is 9.97 Å². The summed E-state index contributed by atoms with van der Waals surface area (Å²) in [6.07, 6.45) is 1.59. The summed E-state index contributed by atoms with van der Waals surface area (Å²) in [7, 11) is 0. The van der Waals surface area contributed by atoms with Gasteiger partial charge in [-0.3, -0.25) is 0 Å². The Morgan fingerprint density at radius 2 is 2.00 bits per heavy atom. The molecule has 0 saturated heterocycles. The van der Waals surface area contributed by atoms with Gasteiger partial charge in [-0.1, -0.05) is 29.8 Å². The summed E-state index contributed by atoms with van der Waals surface area (Å²) in [5, 5.41) is 1.41. The lowest BCUT2D eigenvalue weighted by Crippen LogP contribution is -2.00. The van der Waals surface area contributed by atoms with Crippen molar-refractivity contribution < 1.29 is 4.74 Å². The molecule has 4 nitrogen and oxygen atoms in total. The van der Waals surface area contributed by atoms with Gasteiger partial charge in [0.1, 0.15) is 10.9 Å². The van der Waals surface area contributed by atoms with Crippen LogP contribution in [0, 0.1) is 0 Å². The highest BCUT2D eigenvalue weighted by atomic mass is 35.5. The maximum Gasteiger partial charge on any atom is 0.220 e. The summed E-state index contributed by atoms with van der Waals surface area (Å²) in [5.41, 5.74) is 7.63. The molecule has 0 amide bonds. The van der Waals surface area contributed by atoms with Crippen molar-refractivity contribution in [2.24, 2.45) is 5.73 Å². The predicted octanol–water partition coefficient (Wildman–Crippen LogP) is 3.53. The molecular formula is C15H12ClN3O. The Hall–Kier alpha value is -2.17. The molecule has 1 aromatic carbocycles. The molecule has 0 aliphatic rings. The Morgan fingerprint density at radius 1 is 1.15 bits per heavy atom. The quantitative estimate of drug-likeness (QED) is 0.748. The van der Waals surface area contributed by atoms with Crippen molar-refractivity contribution in [3.63, 3.8) is 0 Å². The van der Waals surface area contributed by atoms with Crippen LogP contribution in [0.4, 0.5) is 0 Å². The third kappa shape index (κ3) is 2.57. The molecule has 0 aliphatic heterocycles. The smallest absolute Gasteiger partial charge is 0.220 e. The highest BCUT2D eigenvalue weighted by Gasteiger charge is 2.06. The number of hydrogen-bond donors (Lipinski definition) is 1. The number of benzene rings is 1. The van der Waals surface area contributed by atoms with Gasteiger partial charge >= 0.3 is 0 Å². The van der Waals surface area contributed by atoms with E-state index in [0.29, 0.717) is 23.3 Å². The van der Waals surface area contributed by atoms with Crippen molar-refractivity contribution in [1.29, 1.82) is 0 Å². The lowest BCUT2D eigenvalue weighted by molar-refractivity contribution is 0.464. The Labute approximate surface area is 121 Å². The summed E-state index contributed by atoms with van der Waals surface area (Å²) in [6, 6.07) is 13.0. The SMILES string of the molecule is NCc1cc(Oc2ccnc(Cl)c2)nc2ccccc12. The monoisotopic (exact) mass is 285 g/mol. The largest absolute Gasteiger partial charge is 0.439 e. The molecule has 0 fully saturated rings. The van der Waals surface area contributed by atoms with Crippen LogP contribution in [0.2, 0.25) is 5.15 Å². The molecule has 0 bridgehead atoms. The number of aromatic nitrogens is 2. The maximum absolute atomic E-state index is 5.83. The maximum atomic E-state index is 5.83. The third-order valence-electron chi connectivity index (χ3n) is 2.92. The number of pyridine rings is 2. The van der Waals surface area contributed by atoms with Crippen LogP contribution in [0.3, 0.4) is 0 Å². The summed E-state index contributed by atoms with van der Waals surface area (Å²) >= 11 is 5.83. The summed E-state index contributed by atoms with van der Waals surface area (Å²) in [4.78, 5) is 8.38. The second-order valence-electron chi connectivity index (χ2n) is 4.26. The highest BCUT2D eigenvalue weighted by molar-refractivity contribution is 6.29. The van der Waals surface area contributed by atoms with E-state index in [-0.39, 0.29) is 0 Å². The second-order valence-corrected chi connectivity index (χ2v) is 4.64. The van der Waals surface area contributed by atoms with Gasteiger partial charge in [0.15, 0.2) is 0 Å². The fraction of sp³-hybridized carbons (Fsp3) is 0.0667. The molecule has 0 radical (unpaired) electrons. The average Bonchev–Trinajstić information content (AvgIpc) is 2.46. The Morgan fingerprint density at radius 3 is 2.80 bits per heavy atom. The first-order valence-electron chi connectivity index (χ1n) is 6.14. The first-order valence-corrected chi connectivity index (χ1v) is 6.52. The van der Waals surface area contributed by atoms with E-state index in [9.17, 15) is 0 Å². The average molecular weight is 286 g/mol. The highest BCUT2D eigenvalue weighted by Crippen LogP contribution is 2.26. The zero-order valence-corrected chi connectivity index (χ0v) is 11.3. The van der Waals surface area contributed by atoms with E-state index in [0.717, 1.165) is 16.5 Å². The van der Waals surface area contributed by atoms with Crippen LogP contribution >= 0.6 is 11.6 Å². The van der Waals surface area contributed by atoms with Crippen LogP contribution in [0.1, 0.15) is 5.56 Å². The summed E-state index contributed by atoms with van der Waals surface area (Å²) in [5.74, 6) is 1.09. The van der Waals surface area contributed by atoms with Gasteiger partial charge in [-0.05, 0) is 17.7 Å². The molecule has 3 rings (SSSR count). The second kappa shape index (κ2) is 5.45. The topological polar surface area (TPSA) is 61.0 Å². The fourth-order valence-electron chi connectivity index (χ4n) is 2.01. The third-order valence-corrected chi connectivity index (χ3v) is 3.13. The first kappa shape index (κ1) is 12.8. The molecule has 20 heavy (non-hydrogen) atoms. The van der Waals surface area contributed by atoms with E-state index >= 15 is 0 Å². The van der Waals surface area contributed by atoms with Crippen LogP contribution in [0.5, 0.6) is 11.6 Å². The lowest BCUT2D eigenvalue weighted by atomic mass is 10.1. The number of hydrogen-bond acceptors (Lipinski definition) is 4. The first-order chi connectivity index (χ1) is 9.76. The van der Waals surface area contributed by atoms with Crippen molar-refractivity contribution in [3.8, 4) is 11.6 Å². The molecule has 2 heterocycles. The Kier molecular flexibility index (Phi) is 3.50. The van der Waals surface area contributed by atoms with Gasteiger partial charge in [0.25, 0.3) is 0 Å². The Bertz CT molecular complexity index is 761. The zero-order valence-electron chi connectivity index (χ0n) is 10.6. The molecule has 2 N–H and O–H groups in total. The van der Waals surface area contributed by atoms with Crippen LogP contribution in [0.25, 0.3) is 10.9 Å². The molecule has 2 aromatic heterocycles. The number of halogens is 1. The molecule has 5 heteroatoms.